The van der Waals surface area contributed by atoms with Crippen LogP contribution < -0.4 is 0 Å². The van der Waals surface area contributed by atoms with E-state index in [1.54, 1.807) is 12.0 Å². The molecule has 0 spiro atoms. The third kappa shape index (κ3) is 7.17. The van der Waals surface area contributed by atoms with Crippen molar-refractivity contribution in [2.24, 2.45) is 0 Å². The molecular weight excluding hydrogens is 294 g/mol. The highest BCUT2D eigenvalue weighted by molar-refractivity contribution is 8.93. The van der Waals surface area contributed by atoms with Gasteiger partial charge >= 0.3 is 5.97 Å². The first kappa shape index (κ1) is 20.0. The van der Waals surface area contributed by atoms with Crippen molar-refractivity contribution in [2.45, 2.75) is 65.8 Å². The number of carbonyl (C=O) groups excluding carboxylic acids is 1. The highest BCUT2D eigenvalue weighted by atomic mass is 79.9. The topological polar surface area (TPSA) is 29.5 Å². The molecule has 0 saturated heterocycles. The number of hydrogen-bond acceptors (Lipinski definition) is 3. The molecule has 0 amide bonds. The summed E-state index contributed by atoms with van der Waals surface area (Å²) in [6, 6.07) is 0. The lowest BCUT2D eigenvalue weighted by Gasteiger charge is -2.36. The second-order valence-corrected chi connectivity index (χ2v) is 5.12. The van der Waals surface area contributed by atoms with Gasteiger partial charge in [0.2, 0.25) is 0 Å². The lowest BCUT2D eigenvalue weighted by Crippen LogP contribution is -2.45. The van der Waals surface area contributed by atoms with Crippen LogP contribution in [0.5, 0.6) is 0 Å². The molecule has 0 rings (SSSR count). The molecule has 0 aliphatic rings. The quantitative estimate of drug-likeness (QED) is 0.379. The Kier molecular flexibility index (Phi) is 10.6. The molecule has 0 aliphatic heterocycles. The van der Waals surface area contributed by atoms with Crippen LogP contribution in [0.25, 0.3) is 0 Å². The first-order valence-corrected chi connectivity index (χ1v) is 6.50. The molecule has 0 aromatic heterocycles. The normalized spacial score (nSPS) is 11.0. The van der Waals surface area contributed by atoms with Gasteiger partial charge in [0.25, 0.3) is 0 Å². The van der Waals surface area contributed by atoms with Gasteiger partial charge in [0.15, 0.2) is 0 Å². The molecule has 3 nitrogen and oxygen atoms in total. The van der Waals surface area contributed by atoms with E-state index in [9.17, 15) is 4.79 Å². The van der Waals surface area contributed by atoms with Crippen molar-refractivity contribution in [3.8, 4) is 0 Å². The van der Waals surface area contributed by atoms with Crippen LogP contribution in [0.15, 0.2) is 12.2 Å². The van der Waals surface area contributed by atoms with Crippen molar-refractivity contribution >= 4 is 23.0 Å². The minimum atomic E-state index is -0.338. The first-order valence-electron chi connectivity index (χ1n) is 6.50. The SMILES string of the molecule is Br.C=C(C)C(=O)ON(CC)C(C)(C)CCCCC. The zero-order valence-electron chi connectivity index (χ0n) is 12.4. The Bertz CT molecular complexity index is 265. The van der Waals surface area contributed by atoms with Gasteiger partial charge in [-0.1, -0.05) is 32.8 Å². The molecule has 0 atom stereocenters. The Hall–Kier alpha value is -0.350. The maximum absolute atomic E-state index is 11.5. The molecule has 108 valence electrons. The Balaban J connectivity index is 0. The van der Waals surface area contributed by atoms with E-state index in [1.165, 1.54) is 12.8 Å². The lowest BCUT2D eigenvalue weighted by molar-refractivity contribution is -0.212. The summed E-state index contributed by atoms with van der Waals surface area (Å²) in [4.78, 5) is 16.9. The fraction of sp³-hybridized carbons (Fsp3) is 0.786. The Morgan fingerprint density at radius 2 is 1.83 bits per heavy atom. The molecule has 0 aromatic carbocycles. The highest BCUT2D eigenvalue weighted by Gasteiger charge is 2.28. The number of unbranched alkanes of at least 4 members (excludes halogenated alkanes) is 2. The van der Waals surface area contributed by atoms with Gasteiger partial charge < -0.3 is 4.84 Å². The van der Waals surface area contributed by atoms with Crippen LogP contribution in [0.2, 0.25) is 0 Å². The van der Waals surface area contributed by atoms with Crippen LogP contribution in [-0.4, -0.2) is 23.1 Å². The largest absolute Gasteiger partial charge is 0.364 e. The van der Waals surface area contributed by atoms with Crippen molar-refractivity contribution in [1.82, 2.24) is 5.06 Å². The molecule has 0 unspecified atom stereocenters. The molecule has 0 fully saturated rings. The second kappa shape index (κ2) is 9.56. The minimum Gasteiger partial charge on any atom is -0.364 e. The van der Waals surface area contributed by atoms with Gasteiger partial charge in [-0.05, 0) is 34.1 Å². The van der Waals surface area contributed by atoms with Crippen LogP contribution in [0, 0.1) is 0 Å². The van der Waals surface area contributed by atoms with Crippen LogP contribution in [0.4, 0.5) is 0 Å². The van der Waals surface area contributed by atoms with Crippen LogP contribution >= 0.6 is 17.0 Å². The second-order valence-electron chi connectivity index (χ2n) is 5.12. The number of rotatable bonds is 8. The van der Waals surface area contributed by atoms with E-state index in [1.807, 2.05) is 6.92 Å². The van der Waals surface area contributed by atoms with Gasteiger partial charge in [-0.3, -0.25) is 0 Å². The molecule has 0 N–H and O–H groups in total. The summed E-state index contributed by atoms with van der Waals surface area (Å²) < 4.78 is 0. The number of hydrogen-bond donors (Lipinski definition) is 0. The smallest absolute Gasteiger partial charge is 0.352 e. The zero-order chi connectivity index (χ0) is 13.5. The molecule has 0 radical (unpaired) electrons. The summed E-state index contributed by atoms with van der Waals surface area (Å²) in [7, 11) is 0. The average molecular weight is 322 g/mol. The third-order valence-electron chi connectivity index (χ3n) is 2.90. The predicted molar refractivity (Wildman–Crippen MR) is 81.8 cm³/mol. The average Bonchev–Trinajstić information content (AvgIpc) is 2.25. The molecule has 0 saturated carbocycles. The summed E-state index contributed by atoms with van der Waals surface area (Å²) in [5, 5.41) is 1.76. The van der Waals surface area contributed by atoms with Crippen LogP contribution in [-0.2, 0) is 9.63 Å². The highest BCUT2D eigenvalue weighted by Crippen LogP contribution is 2.22. The molecule has 0 heterocycles. The zero-order valence-corrected chi connectivity index (χ0v) is 14.1. The third-order valence-corrected chi connectivity index (χ3v) is 2.90. The Labute approximate surface area is 122 Å². The summed E-state index contributed by atoms with van der Waals surface area (Å²) in [5.41, 5.74) is 0.322. The van der Waals surface area contributed by atoms with Gasteiger partial charge in [-0.15, -0.1) is 22.0 Å². The molecular formula is C14H28BrNO2. The van der Waals surface area contributed by atoms with Crippen LogP contribution in [0.1, 0.15) is 60.3 Å². The van der Waals surface area contributed by atoms with Gasteiger partial charge in [-0.2, -0.15) is 0 Å². The number of carbonyl (C=O) groups is 1. The summed E-state index contributed by atoms with van der Waals surface area (Å²) in [6.45, 7) is 14.4. The molecule has 4 heteroatoms. The minimum absolute atomic E-state index is 0. The monoisotopic (exact) mass is 321 g/mol. The van der Waals surface area contributed by atoms with Crippen LogP contribution in [0.3, 0.4) is 0 Å². The van der Waals surface area contributed by atoms with Crippen molar-refractivity contribution in [3.05, 3.63) is 12.2 Å². The maximum Gasteiger partial charge on any atom is 0.352 e. The predicted octanol–water partition coefficient (Wildman–Crippen LogP) is 4.28. The summed E-state index contributed by atoms with van der Waals surface area (Å²) in [6.07, 6.45) is 4.60. The van der Waals surface area contributed by atoms with E-state index in [4.69, 9.17) is 4.84 Å². The molecule has 0 aliphatic carbocycles. The van der Waals surface area contributed by atoms with E-state index in [0.29, 0.717) is 12.1 Å². The molecule has 0 aromatic rings. The Morgan fingerprint density at radius 1 is 1.28 bits per heavy atom. The van der Waals surface area contributed by atoms with Gasteiger partial charge in [0.05, 0.1) is 5.54 Å². The van der Waals surface area contributed by atoms with Crippen molar-refractivity contribution < 1.29 is 9.63 Å². The summed E-state index contributed by atoms with van der Waals surface area (Å²) in [5.74, 6) is -0.338. The number of hydroxylamine groups is 2. The van der Waals surface area contributed by atoms with Gasteiger partial charge in [0, 0.05) is 12.1 Å². The molecule has 0 bridgehead atoms. The van der Waals surface area contributed by atoms with E-state index >= 15 is 0 Å². The fourth-order valence-electron chi connectivity index (χ4n) is 1.73. The van der Waals surface area contributed by atoms with E-state index < -0.39 is 0 Å². The molecule has 18 heavy (non-hydrogen) atoms. The van der Waals surface area contributed by atoms with Crippen molar-refractivity contribution in [1.29, 1.82) is 0 Å². The van der Waals surface area contributed by atoms with Crippen molar-refractivity contribution in [2.75, 3.05) is 6.54 Å². The van der Waals surface area contributed by atoms with E-state index in [2.05, 4.69) is 27.4 Å². The van der Waals surface area contributed by atoms with E-state index in [-0.39, 0.29) is 28.5 Å². The fourth-order valence-corrected chi connectivity index (χ4v) is 1.73. The standard InChI is InChI=1S/C14H27NO2.BrH/c1-7-9-10-11-14(5,6)15(8-2)17-13(16)12(3)4;/h3,7-11H2,1-2,4-6H3;1H. The summed E-state index contributed by atoms with van der Waals surface area (Å²) >= 11 is 0. The number of nitrogens with zero attached hydrogens (tertiary/aromatic N) is 1. The lowest BCUT2D eigenvalue weighted by atomic mass is 9.96. The first-order chi connectivity index (χ1) is 7.85. The van der Waals surface area contributed by atoms with Crippen molar-refractivity contribution in [3.63, 3.8) is 0 Å². The Morgan fingerprint density at radius 3 is 2.22 bits per heavy atom. The number of halogens is 1. The van der Waals surface area contributed by atoms with Gasteiger partial charge in [-0.25, -0.2) is 4.79 Å². The van der Waals surface area contributed by atoms with E-state index in [0.717, 1.165) is 12.8 Å². The maximum atomic E-state index is 11.5. The van der Waals surface area contributed by atoms with Gasteiger partial charge in [0.1, 0.15) is 0 Å².